The molecule has 0 aliphatic carbocycles. The van der Waals surface area contributed by atoms with Gasteiger partial charge in [0, 0.05) is 0 Å². The van der Waals surface area contributed by atoms with Crippen molar-refractivity contribution in [1.82, 2.24) is 5.32 Å². The molecule has 5 nitrogen and oxygen atoms in total. The molecule has 98 valence electrons. The summed E-state index contributed by atoms with van der Waals surface area (Å²) < 4.78 is 27.7. The fourth-order valence-corrected chi connectivity index (χ4v) is 1.89. The van der Waals surface area contributed by atoms with E-state index in [1.165, 1.54) is 6.92 Å². The molecule has 1 heterocycles. The van der Waals surface area contributed by atoms with E-state index in [1.54, 1.807) is 6.07 Å². The van der Waals surface area contributed by atoms with Gasteiger partial charge in [-0.3, -0.25) is 14.9 Å². The van der Waals surface area contributed by atoms with Gasteiger partial charge in [-0.2, -0.15) is 5.26 Å². The minimum atomic E-state index is -0.981. The number of nitriles is 1. The molecule has 1 N–H and O–H groups in total. The maximum atomic E-state index is 13.8. The molecule has 19 heavy (non-hydrogen) atoms. The Morgan fingerprint density at radius 1 is 1.37 bits per heavy atom. The van der Waals surface area contributed by atoms with Crippen molar-refractivity contribution < 1.29 is 18.4 Å². The Bertz CT molecular complexity index is 586. The summed E-state index contributed by atoms with van der Waals surface area (Å²) in [6.45, 7) is 1.10. The van der Waals surface area contributed by atoms with Crippen LogP contribution in [0, 0.1) is 23.0 Å². The van der Waals surface area contributed by atoms with E-state index < -0.39 is 35.2 Å². The fourth-order valence-electron chi connectivity index (χ4n) is 1.89. The van der Waals surface area contributed by atoms with Gasteiger partial charge in [0.1, 0.15) is 11.7 Å². The average Bonchev–Trinajstić information content (AvgIpc) is 2.34. The molecular weight excluding hydrogens is 256 g/mol. The molecule has 1 atom stereocenters. The van der Waals surface area contributed by atoms with Crippen molar-refractivity contribution in [3.05, 3.63) is 29.3 Å². The quantitative estimate of drug-likeness (QED) is 0.758. The van der Waals surface area contributed by atoms with E-state index in [0.29, 0.717) is 0 Å². The fraction of sp³-hybridized carbons (Fsp3) is 0.250. The SMILES string of the molecule is CC1C(=O)NC(=O)CN1c1c(F)cc(C#N)cc1F. The second kappa shape index (κ2) is 4.65. The Morgan fingerprint density at radius 2 is 1.95 bits per heavy atom. The number of nitrogens with one attached hydrogen (secondary N) is 1. The number of hydrogen-bond donors (Lipinski definition) is 1. The summed E-state index contributed by atoms with van der Waals surface area (Å²) in [5.74, 6) is -3.22. The molecule has 1 aromatic carbocycles. The van der Waals surface area contributed by atoms with Crippen molar-refractivity contribution in [1.29, 1.82) is 5.26 Å². The van der Waals surface area contributed by atoms with Gasteiger partial charge in [-0.1, -0.05) is 0 Å². The normalized spacial score (nSPS) is 19.1. The van der Waals surface area contributed by atoms with E-state index >= 15 is 0 Å². The number of benzene rings is 1. The highest BCUT2D eigenvalue weighted by molar-refractivity contribution is 6.04. The van der Waals surface area contributed by atoms with E-state index in [2.05, 4.69) is 5.32 Å². The van der Waals surface area contributed by atoms with Gasteiger partial charge >= 0.3 is 0 Å². The molecule has 1 aliphatic rings. The van der Waals surface area contributed by atoms with Crippen LogP contribution < -0.4 is 10.2 Å². The van der Waals surface area contributed by atoms with E-state index in [0.717, 1.165) is 17.0 Å². The number of nitrogens with zero attached hydrogens (tertiary/aromatic N) is 2. The number of rotatable bonds is 1. The zero-order chi connectivity index (χ0) is 14.2. The van der Waals surface area contributed by atoms with Crippen LogP contribution in [0.2, 0.25) is 0 Å². The van der Waals surface area contributed by atoms with Gasteiger partial charge in [-0.15, -0.1) is 0 Å². The minimum absolute atomic E-state index is 0.167. The van der Waals surface area contributed by atoms with Crippen molar-refractivity contribution in [3.8, 4) is 6.07 Å². The molecule has 0 saturated carbocycles. The second-order valence-corrected chi connectivity index (χ2v) is 4.12. The van der Waals surface area contributed by atoms with Crippen LogP contribution in [0.15, 0.2) is 12.1 Å². The standard InChI is InChI=1S/C12H9F2N3O2/c1-6-12(19)16-10(18)5-17(6)11-8(13)2-7(4-15)3-9(11)14/h2-3,6H,5H2,1H3,(H,16,18,19). The highest BCUT2D eigenvalue weighted by Gasteiger charge is 2.33. The Hall–Kier alpha value is -2.49. The smallest absolute Gasteiger partial charge is 0.249 e. The Kier molecular flexibility index (Phi) is 3.17. The first-order valence-electron chi connectivity index (χ1n) is 5.43. The van der Waals surface area contributed by atoms with Crippen LogP contribution in [0.25, 0.3) is 0 Å². The van der Waals surface area contributed by atoms with Crippen LogP contribution in [0.4, 0.5) is 14.5 Å². The van der Waals surface area contributed by atoms with Crippen LogP contribution in [0.1, 0.15) is 12.5 Å². The van der Waals surface area contributed by atoms with Crippen molar-refractivity contribution in [2.75, 3.05) is 11.4 Å². The van der Waals surface area contributed by atoms with Gasteiger partial charge in [0.15, 0.2) is 11.6 Å². The van der Waals surface area contributed by atoms with Crippen molar-refractivity contribution in [3.63, 3.8) is 0 Å². The zero-order valence-electron chi connectivity index (χ0n) is 9.91. The van der Waals surface area contributed by atoms with Crippen LogP contribution in [0.5, 0.6) is 0 Å². The molecule has 0 bridgehead atoms. The predicted octanol–water partition coefficient (Wildman–Crippen LogP) is 0.688. The van der Waals surface area contributed by atoms with E-state index in [4.69, 9.17) is 5.26 Å². The molecule has 1 saturated heterocycles. The second-order valence-electron chi connectivity index (χ2n) is 4.12. The molecule has 1 unspecified atom stereocenters. The maximum absolute atomic E-state index is 13.8. The number of halogens is 2. The third-order valence-corrected chi connectivity index (χ3v) is 2.86. The molecule has 1 aliphatic heterocycles. The molecule has 2 amide bonds. The maximum Gasteiger partial charge on any atom is 0.249 e. The molecular formula is C12H9F2N3O2. The van der Waals surface area contributed by atoms with Crippen LogP contribution in [-0.2, 0) is 9.59 Å². The number of anilines is 1. The van der Waals surface area contributed by atoms with Crippen molar-refractivity contribution >= 4 is 17.5 Å². The van der Waals surface area contributed by atoms with Gasteiger partial charge < -0.3 is 4.90 Å². The molecule has 1 fully saturated rings. The van der Waals surface area contributed by atoms with Gasteiger partial charge in [-0.25, -0.2) is 8.78 Å². The third kappa shape index (κ3) is 2.25. The van der Waals surface area contributed by atoms with E-state index in [9.17, 15) is 18.4 Å². The number of hydrogen-bond acceptors (Lipinski definition) is 4. The van der Waals surface area contributed by atoms with Crippen molar-refractivity contribution in [2.45, 2.75) is 13.0 Å². The first-order valence-corrected chi connectivity index (χ1v) is 5.43. The van der Waals surface area contributed by atoms with Gasteiger partial charge in [0.2, 0.25) is 11.8 Å². The molecule has 7 heteroatoms. The summed E-state index contributed by atoms with van der Waals surface area (Å²) >= 11 is 0. The zero-order valence-corrected chi connectivity index (χ0v) is 9.91. The lowest BCUT2D eigenvalue weighted by Crippen LogP contribution is -2.57. The largest absolute Gasteiger partial charge is 0.346 e. The summed E-state index contributed by atoms with van der Waals surface area (Å²) in [5, 5.41) is 10.7. The van der Waals surface area contributed by atoms with Gasteiger partial charge in [0.25, 0.3) is 0 Å². The van der Waals surface area contributed by atoms with E-state index in [-0.39, 0.29) is 12.1 Å². The molecule has 0 aromatic heterocycles. The number of carbonyl (C=O) groups excluding carboxylic acids is 2. The number of amides is 2. The number of imide groups is 1. The summed E-state index contributed by atoms with van der Waals surface area (Å²) in [5.41, 5.74) is -0.645. The van der Waals surface area contributed by atoms with Crippen LogP contribution in [0.3, 0.4) is 0 Å². The summed E-state index contributed by atoms with van der Waals surface area (Å²) in [4.78, 5) is 23.8. The Morgan fingerprint density at radius 3 is 2.47 bits per heavy atom. The minimum Gasteiger partial charge on any atom is -0.346 e. The highest BCUT2D eigenvalue weighted by atomic mass is 19.1. The lowest BCUT2D eigenvalue weighted by molar-refractivity contribution is -0.132. The predicted molar refractivity (Wildman–Crippen MR) is 61.0 cm³/mol. The lowest BCUT2D eigenvalue weighted by atomic mass is 10.1. The van der Waals surface area contributed by atoms with E-state index in [1.807, 2.05) is 0 Å². The monoisotopic (exact) mass is 265 g/mol. The molecule has 2 rings (SSSR count). The topological polar surface area (TPSA) is 73.2 Å². The highest BCUT2D eigenvalue weighted by Crippen LogP contribution is 2.27. The van der Waals surface area contributed by atoms with Crippen LogP contribution >= 0.6 is 0 Å². The average molecular weight is 265 g/mol. The molecule has 0 spiro atoms. The summed E-state index contributed by atoms with van der Waals surface area (Å²) in [6.07, 6.45) is 0. The van der Waals surface area contributed by atoms with Gasteiger partial charge in [0.05, 0.1) is 18.2 Å². The Labute approximate surface area is 107 Å². The number of piperazine rings is 1. The third-order valence-electron chi connectivity index (χ3n) is 2.86. The first-order chi connectivity index (χ1) is 8.93. The molecule has 0 radical (unpaired) electrons. The summed E-state index contributed by atoms with van der Waals surface area (Å²) in [6, 6.07) is 2.47. The molecule has 1 aromatic rings. The lowest BCUT2D eigenvalue weighted by Gasteiger charge is -2.33. The first kappa shape index (κ1) is 13.0. The number of carbonyl (C=O) groups is 2. The summed E-state index contributed by atoms with van der Waals surface area (Å²) in [7, 11) is 0. The van der Waals surface area contributed by atoms with Gasteiger partial charge in [-0.05, 0) is 19.1 Å². The Balaban J connectivity index is 2.49. The van der Waals surface area contributed by atoms with Crippen LogP contribution in [-0.4, -0.2) is 24.4 Å². The van der Waals surface area contributed by atoms with Crippen molar-refractivity contribution in [2.24, 2.45) is 0 Å².